The van der Waals surface area contributed by atoms with E-state index in [0.717, 1.165) is 0 Å². The minimum atomic E-state index is 0.157. The topological polar surface area (TPSA) is 41.6 Å². The van der Waals surface area contributed by atoms with Crippen LogP contribution in [0.4, 0.5) is 0 Å². The third kappa shape index (κ3) is 0.933. The summed E-state index contributed by atoms with van der Waals surface area (Å²) in [6.45, 7) is 1.94. The first kappa shape index (κ1) is 5.08. The van der Waals surface area contributed by atoms with E-state index >= 15 is 0 Å². The van der Waals surface area contributed by atoms with Gasteiger partial charge in [0.25, 0.3) is 0 Å². The van der Waals surface area contributed by atoms with Crippen molar-refractivity contribution in [1.82, 2.24) is 4.41 Å². The maximum Gasteiger partial charge on any atom is 0.123 e. The SMILES string of the molecule is CC1N=CSN1N. The molecule has 1 atom stereocenters. The molecule has 0 amide bonds. The molecule has 0 bridgehead atoms. The summed E-state index contributed by atoms with van der Waals surface area (Å²) in [6.07, 6.45) is 0.157. The monoisotopic (exact) mass is 117 g/mol. The second kappa shape index (κ2) is 1.81. The van der Waals surface area contributed by atoms with Crippen LogP contribution >= 0.6 is 11.9 Å². The van der Waals surface area contributed by atoms with Crippen LogP contribution in [0.1, 0.15) is 6.92 Å². The van der Waals surface area contributed by atoms with Crippen molar-refractivity contribution in [1.29, 1.82) is 0 Å². The largest absolute Gasteiger partial charge is 0.264 e. The number of nitrogens with two attached hydrogens (primary N) is 1. The van der Waals surface area contributed by atoms with Gasteiger partial charge in [-0.15, -0.1) is 0 Å². The van der Waals surface area contributed by atoms with E-state index in [2.05, 4.69) is 4.99 Å². The number of hydrazine groups is 1. The van der Waals surface area contributed by atoms with Crippen LogP contribution in [0, 0.1) is 0 Å². The number of hydrogen-bond donors (Lipinski definition) is 1. The molecule has 2 N–H and O–H groups in total. The summed E-state index contributed by atoms with van der Waals surface area (Å²) in [4.78, 5) is 3.96. The predicted molar refractivity (Wildman–Crippen MR) is 31.6 cm³/mol. The van der Waals surface area contributed by atoms with Gasteiger partial charge in [-0.25, -0.2) is 0 Å². The lowest BCUT2D eigenvalue weighted by Crippen LogP contribution is -2.27. The van der Waals surface area contributed by atoms with Crippen molar-refractivity contribution in [2.24, 2.45) is 10.8 Å². The van der Waals surface area contributed by atoms with Gasteiger partial charge < -0.3 is 0 Å². The van der Waals surface area contributed by atoms with Crippen LogP contribution in [0.25, 0.3) is 0 Å². The molecule has 0 saturated heterocycles. The van der Waals surface area contributed by atoms with Gasteiger partial charge in [0.05, 0.1) is 5.55 Å². The fourth-order valence-electron chi connectivity index (χ4n) is 0.324. The molecule has 0 fully saturated rings. The summed E-state index contributed by atoms with van der Waals surface area (Å²) in [5.74, 6) is 5.35. The fourth-order valence-corrected chi connectivity index (χ4v) is 0.894. The van der Waals surface area contributed by atoms with Crippen molar-refractivity contribution in [3.63, 3.8) is 0 Å². The van der Waals surface area contributed by atoms with Crippen molar-refractivity contribution < 1.29 is 0 Å². The molecule has 1 aliphatic rings. The lowest BCUT2D eigenvalue weighted by atomic mass is 10.6. The lowest BCUT2D eigenvalue weighted by Gasteiger charge is -2.07. The maximum atomic E-state index is 5.35. The van der Waals surface area contributed by atoms with Crippen LogP contribution in [-0.4, -0.2) is 16.1 Å². The minimum absolute atomic E-state index is 0.157. The average molecular weight is 117 g/mol. The van der Waals surface area contributed by atoms with Crippen LogP contribution in [0.2, 0.25) is 0 Å². The van der Waals surface area contributed by atoms with E-state index in [-0.39, 0.29) is 6.17 Å². The first-order chi connectivity index (χ1) is 3.30. The Morgan fingerprint density at radius 3 is 2.86 bits per heavy atom. The molecule has 0 aromatic heterocycles. The molecule has 0 aromatic carbocycles. The van der Waals surface area contributed by atoms with E-state index in [1.54, 1.807) is 9.96 Å². The molecule has 1 heterocycles. The summed E-state index contributed by atoms with van der Waals surface area (Å²) < 4.78 is 1.60. The normalized spacial score (nSPS) is 32.0. The van der Waals surface area contributed by atoms with Crippen molar-refractivity contribution in [2.75, 3.05) is 0 Å². The molecule has 0 spiro atoms. The molecule has 1 aliphatic heterocycles. The van der Waals surface area contributed by atoms with Gasteiger partial charge in [-0.3, -0.25) is 10.8 Å². The second-order valence-corrected chi connectivity index (χ2v) is 2.19. The van der Waals surface area contributed by atoms with Crippen LogP contribution in [-0.2, 0) is 0 Å². The summed E-state index contributed by atoms with van der Waals surface area (Å²) in [7, 11) is 0. The Morgan fingerprint density at radius 1 is 2.00 bits per heavy atom. The highest BCUT2D eigenvalue weighted by molar-refractivity contribution is 8.10. The Kier molecular flexibility index (Phi) is 1.32. The average Bonchev–Trinajstić information content (AvgIpc) is 1.91. The number of hydrogen-bond acceptors (Lipinski definition) is 4. The van der Waals surface area contributed by atoms with E-state index in [4.69, 9.17) is 5.84 Å². The Balaban J connectivity index is 2.45. The van der Waals surface area contributed by atoms with Gasteiger partial charge in [-0.2, -0.15) is 4.41 Å². The van der Waals surface area contributed by atoms with Gasteiger partial charge in [0, 0.05) is 0 Å². The molecule has 0 saturated carbocycles. The Bertz CT molecular complexity index is 92.2. The molecule has 0 aliphatic carbocycles. The molecule has 0 radical (unpaired) electrons. The van der Waals surface area contributed by atoms with Gasteiger partial charge >= 0.3 is 0 Å². The summed E-state index contributed by atoms with van der Waals surface area (Å²) in [5, 5.41) is 0. The van der Waals surface area contributed by atoms with E-state index in [0.29, 0.717) is 0 Å². The standard InChI is InChI=1S/C3H7N3S/c1-3-5-2-7-6(3)4/h2-3H,4H2,1H3. The third-order valence-electron chi connectivity index (χ3n) is 0.814. The Morgan fingerprint density at radius 2 is 2.71 bits per heavy atom. The number of aliphatic imine (C=N–C) groups is 1. The van der Waals surface area contributed by atoms with Crippen LogP contribution < -0.4 is 5.84 Å². The Labute approximate surface area is 46.7 Å². The highest BCUT2D eigenvalue weighted by Gasteiger charge is 2.10. The van der Waals surface area contributed by atoms with E-state index < -0.39 is 0 Å². The fraction of sp³-hybridized carbons (Fsp3) is 0.667. The zero-order chi connectivity index (χ0) is 5.28. The molecule has 1 unspecified atom stereocenters. The smallest absolute Gasteiger partial charge is 0.123 e. The highest BCUT2D eigenvalue weighted by atomic mass is 32.2. The second-order valence-electron chi connectivity index (χ2n) is 1.35. The van der Waals surface area contributed by atoms with E-state index in [9.17, 15) is 0 Å². The highest BCUT2D eigenvalue weighted by Crippen LogP contribution is 2.12. The van der Waals surface area contributed by atoms with Crippen molar-refractivity contribution in [3.8, 4) is 0 Å². The predicted octanol–water partition coefficient (Wildman–Crippen LogP) is 0.198. The van der Waals surface area contributed by atoms with E-state index in [1.165, 1.54) is 11.9 Å². The summed E-state index contributed by atoms with van der Waals surface area (Å²) in [5.41, 5.74) is 1.74. The van der Waals surface area contributed by atoms with Crippen LogP contribution in [0.5, 0.6) is 0 Å². The third-order valence-corrected chi connectivity index (χ3v) is 1.58. The molecule has 40 valence electrons. The van der Waals surface area contributed by atoms with Gasteiger partial charge in [0.1, 0.15) is 6.17 Å². The number of rotatable bonds is 0. The van der Waals surface area contributed by atoms with Crippen LogP contribution in [0.3, 0.4) is 0 Å². The molecule has 7 heavy (non-hydrogen) atoms. The Hall–Kier alpha value is -0.0600. The van der Waals surface area contributed by atoms with Crippen LogP contribution in [0.15, 0.2) is 4.99 Å². The quantitative estimate of drug-likeness (QED) is 0.364. The van der Waals surface area contributed by atoms with Crippen molar-refractivity contribution >= 4 is 17.5 Å². The first-order valence-electron chi connectivity index (χ1n) is 2.03. The molecular formula is C3H7N3S. The summed E-state index contributed by atoms with van der Waals surface area (Å²) in [6, 6.07) is 0. The molecule has 4 heteroatoms. The van der Waals surface area contributed by atoms with Gasteiger partial charge in [0.15, 0.2) is 0 Å². The summed E-state index contributed by atoms with van der Waals surface area (Å²) >= 11 is 1.42. The lowest BCUT2D eigenvalue weighted by molar-refractivity contribution is 0.413. The molecule has 1 rings (SSSR count). The maximum absolute atomic E-state index is 5.35. The van der Waals surface area contributed by atoms with Crippen molar-refractivity contribution in [2.45, 2.75) is 13.1 Å². The number of nitrogens with zero attached hydrogens (tertiary/aromatic N) is 2. The minimum Gasteiger partial charge on any atom is -0.264 e. The van der Waals surface area contributed by atoms with Gasteiger partial charge in [0.2, 0.25) is 0 Å². The molecule has 3 nitrogen and oxygen atoms in total. The molecule has 0 aromatic rings. The zero-order valence-corrected chi connectivity index (χ0v) is 4.85. The van der Waals surface area contributed by atoms with Gasteiger partial charge in [-0.05, 0) is 18.9 Å². The zero-order valence-electron chi connectivity index (χ0n) is 4.03. The first-order valence-corrected chi connectivity index (χ1v) is 2.86. The molecular weight excluding hydrogens is 110 g/mol. The van der Waals surface area contributed by atoms with Gasteiger partial charge in [-0.1, -0.05) is 0 Å². The van der Waals surface area contributed by atoms with Crippen molar-refractivity contribution in [3.05, 3.63) is 0 Å². The van der Waals surface area contributed by atoms with E-state index in [1.807, 2.05) is 6.92 Å².